The molecule has 0 spiro atoms. The molecule has 0 aromatic carbocycles. The predicted molar refractivity (Wildman–Crippen MR) is 44.8 cm³/mol. The van der Waals surface area contributed by atoms with Gasteiger partial charge in [-0.05, 0) is 19.8 Å². The summed E-state index contributed by atoms with van der Waals surface area (Å²) in [6, 6.07) is 0. The molecule has 0 saturated heterocycles. The third-order valence-electron chi connectivity index (χ3n) is 1.53. The third kappa shape index (κ3) is 6.54. The van der Waals surface area contributed by atoms with E-state index >= 15 is 0 Å². The molecule has 3 N–H and O–H groups in total. The van der Waals surface area contributed by atoms with Gasteiger partial charge in [0.05, 0.1) is 25.4 Å². The van der Waals surface area contributed by atoms with E-state index in [-0.39, 0.29) is 25.9 Å². The zero-order valence-corrected chi connectivity index (χ0v) is 7.44. The van der Waals surface area contributed by atoms with E-state index in [4.69, 9.17) is 14.9 Å². The molecule has 2 atom stereocenters. The average Bonchev–Trinajstić information content (AvgIpc) is 2.10. The van der Waals surface area contributed by atoms with Crippen molar-refractivity contribution in [3.05, 3.63) is 0 Å². The van der Waals surface area contributed by atoms with Crippen molar-refractivity contribution in [1.82, 2.24) is 0 Å². The molecule has 4 nitrogen and oxygen atoms in total. The molecular weight excluding hydrogens is 160 g/mol. The Morgan fingerprint density at radius 1 is 1.33 bits per heavy atom. The van der Waals surface area contributed by atoms with E-state index in [1.54, 1.807) is 6.92 Å². The number of hydrogen-bond donors (Lipinski definition) is 3. The van der Waals surface area contributed by atoms with Gasteiger partial charge in [0, 0.05) is 6.61 Å². The van der Waals surface area contributed by atoms with Crippen molar-refractivity contribution in [2.75, 3.05) is 19.8 Å². The van der Waals surface area contributed by atoms with Crippen LogP contribution < -0.4 is 0 Å². The van der Waals surface area contributed by atoms with Gasteiger partial charge in [0.25, 0.3) is 0 Å². The highest BCUT2D eigenvalue weighted by atomic mass is 16.5. The molecule has 0 aliphatic rings. The van der Waals surface area contributed by atoms with E-state index in [9.17, 15) is 5.11 Å². The van der Waals surface area contributed by atoms with Crippen molar-refractivity contribution in [2.24, 2.45) is 0 Å². The maximum absolute atomic E-state index is 9.21. The lowest BCUT2D eigenvalue weighted by atomic mass is 10.2. The lowest BCUT2D eigenvalue weighted by Crippen LogP contribution is -2.22. The van der Waals surface area contributed by atoms with Crippen LogP contribution in [0.1, 0.15) is 19.8 Å². The van der Waals surface area contributed by atoms with Gasteiger partial charge in [-0.15, -0.1) is 0 Å². The second kappa shape index (κ2) is 7.49. The summed E-state index contributed by atoms with van der Waals surface area (Å²) < 4.78 is 5.07. The largest absolute Gasteiger partial charge is 0.396 e. The lowest BCUT2D eigenvalue weighted by Gasteiger charge is -2.13. The van der Waals surface area contributed by atoms with Crippen LogP contribution in [-0.2, 0) is 4.74 Å². The fourth-order valence-electron chi connectivity index (χ4n) is 0.738. The Hall–Kier alpha value is -0.160. The first kappa shape index (κ1) is 11.8. The fourth-order valence-corrected chi connectivity index (χ4v) is 0.738. The summed E-state index contributed by atoms with van der Waals surface area (Å²) in [6.45, 7) is 2.01. The first-order chi connectivity index (χ1) is 5.70. The molecule has 0 heterocycles. The minimum absolute atomic E-state index is 0.0350. The first-order valence-electron chi connectivity index (χ1n) is 4.22. The molecular formula is C8H18O4. The van der Waals surface area contributed by atoms with Gasteiger partial charge in [-0.2, -0.15) is 0 Å². The van der Waals surface area contributed by atoms with Gasteiger partial charge in [0.15, 0.2) is 0 Å². The Morgan fingerprint density at radius 2 is 2.00 bits per heavy atom. The van der Waals surface area contributed by atoms with Gasteiger partial charge >= 0.3 is 0 Å². The van der Waals surface area contributed by atoms with Crippen molar-refractivity contribution in [3.8, 4) is 0 Å². The van der Waals surface area contributed by atoms with Crippen LogP contribution in [0.15, 0.2) is 0 Å². The van der Waals surface area contributed by atoms with Crippen LogP contribution in [0.25, 0.3) is 0 Å². The molecule has 4 heteroatoms. The summed E-state index contributed by atoms with van der Waals surface area (Å²) in [7, 11) is 0. The standard InChI is InChI=1S/C8H18O4/c1-7(5-10)12-6-8(11)3-2-4-9/h7-11H,2-6H2,1H3. The maximum Gasteiger partial charge on any atom is 0.0779 e. The molecule has 74 valence electrons. The van der Waals surface area contributed by atoms with Crippen LogP contribution in [0.5, 0.6) is 0 Å². The highest BCUT2D eigenvalue weighted by molar-refractivity contribution is 4.55. The van der Waals surface area contributed by atoms with Crippen molar-refractivity contribution < 1.29 is 20.1 Å². The first-order valence-corrected chi connectivity index (χ1v) is 4.22. The Kier molecular flexibility index (Phi) is 7.39. The Balaban J connectivity index is 3.24. The topological polar surface area (TPSA) is 69.9 Å². The third-order valence-corrected chi connectivity index (χ3v) is 1.53. The van der Waals surface area contributed by atoms with Crippen molar-refractivity contribution in [3.63, 3.8) is 0 Å². The average molecular weight is 178 g/mol. The highest BCUT2D eigenvalue weighted by Gasteiger charge is 2.06. The molecule has 0 radical (unpaired) electrons. The molecule has 0 aliphatic heterocycles. The van der Waals surface area contributed by atoms with Crippen LogP contribution in [0.2, 0.25) is 0 Å². The Labute approximate surface area is 72.8 Å². The number of aliphatic hydroxyl groups excluding tert-OH is 3. The van der Waals surface area contributed by atoms with Gasteiger partial charge in [-0.25, -0.2) is 0 Å². The minimum Gasteiger partial charge on any atom is -0.396 e. The zero-order valence-electron chi connectivity index (χ0n) is 7.44. The number of aliphatic hydroxyl groups is 3. The van der Waals surface area contributed by atoms with Crippen LogP contribution in [0.3, 0.4) is 0 Å². The molecule has 0 saturated carbocycles. The predicted octanol–water partition coefficient (Wildman–Crippen LogP) is -0.483. The van der Waals surface area contributed by atoms with Crippen LogP contribution >= 0.6 is 0 Å². The molecule has 0 rings (SSSR count). The van der Waals surface area contributed by atoms with Crippen molar-refractivity contribution >= 4 is 0 Å². The quantitative estimate of drug-likeness (QED) is 0.492. The van der Waals surface area contributed by atoms with Gasteiger partial charge in [0.2, 0.25) is 0 Å². The molecule has 0 aromatic rings. The number of hydrogen-bond acceptors (Lipinski definition) is 4. The van der Waals surface area contributed by atoms with Crippen LogP contribution in [0, 0.1) is 0 Å². The number of rotatable bonds is 7. The molecule has 2 unspecified atom stereocenters. The molecule has 12 heavy (non-hydrogen) atoms. The van der Waals surface area contributed by atoms with E-state index in [0.29, 0.717) is 12.8 Å². The fraction of sp³-hybridized carbons (Fsp3) is 1.00. The minimum atomic E-state index is -0.536. The molecule has 0 amide bonds. The monoisotopic (exact) mass is 178 g/mol. The van der Waals surface area contributed by atoms with Gasteiger partial charge < -0.3 is 20.1 Å². The highest BCUT2D eigenvalue weighted by Crippen LogP contribution is 1.99. The Morgan fingerprint density at radius 3 is 2.50 bits per heavy atom. The zero-order chi connectivity index (χ0) is 9.40. The molecule has 0 aliphatic carbocycles. The van der Waals surface area contributed by atoms with E-state index in [1.807, 2.05) is 0 Å². The number of ether oxygens (including phenoxy) is 1. The molecule has 0 fully saturated rings. The van der Waals surface area contributed by atoms with Gasteiger partial charge in [0.1, 0.15) is 0 Å². The van der Waals surface area contributed by atoms with E-state index in [0.717, 1.165) is 0 Å². The van der Waals surface area contributed by atoms with Crippen molar-refractivity contribution in [1.29, 1.82) is 0 Å². The van der Waals surface area contributed by atoms with E-state index in [1.165, 1.54) is 0 Å². The van der Waals surface area contributed by atoms with Crippen LogP contribution in [0.4, 0.5) is 0 Å². The van der Waals surface area contributed by atoms with Gasteiger partial charge in [-0.3, -0.25) is 0 Å². The maximum atomic E-state index is 9.21. The summed E-state index contributed by atoms with van der Waals surface area (Å²) in [5.41, 5.74) is 0. The van der Waals surface area contributed by atoms with Crippen molar-refractivity contribution in [2.45, 2.75) is 32.0 Å². The van der Waals surface area contributed by atoms with E-state index < -0.39 is 6.10 Å². The van der Waals surface area contributed by atoms with Gasteiger partial charge in [-0.1, -0.05) is 0 Å². The Bertz CT molecular complexity index is 97.1. The smallest absolute Gasteiger partial charge is 0.0779 e. The second-order valence-electron chi connectivity index (χ2n) is 2.85. The normalized spacial score (nSPS) is 16.0. The summed E-state index contributed by atoms with van der Waals surface area (Å²) >= 11 is 0. The summed E-state index contributed by atoms with van der Waals surface area (Å²) in [5, 5.41) is 26.2. The summed E-state index contributed by atoms with van der Waals surface area (Å²) in [4.78, 5) is 0. The molecule has 0 bridgehead atoms. The SMILES string of the molecule is CC(CO)OCC(O)CCCO. The molecule has 0 aromatic heterocycles. The second-order valence-corrected chi connectivity index (χ2v) is 2.85. The van der Waals surface area contributed by atoms with E-state index in [2.05, 4.69) is 0 Å². The lowest BCUT2D eigenvalue weighted by molar-refractivity contribution is -0.0267. The summed E-state index contributed by atoms with van der Waals surface area (Å²) in [6.07, 6.45) is 0.354. The van der Waals surface area contributed by atoms with Crippen LogP contribution in [-0.4, -0.2) is 47.3 Å². The summed E-state index contributed by atoms with van der Waals surface area (Å²) in [5.74, 6) is 0.